The average Bonchev–Trinajstić information content (AvgIpc) is 2.57. The molecule has 0 spiro atoms. The fourth-order valence-corrected chi connectivity index (χ4v) is 2.81. The van der Waals surface area contributed by atoms with Crippen LogP contribution >= 0.6 is 0 Å². The van der Waals surface area contributed by atoms with E-state index in [1.807, 2.05) is 45.0 Å². The van der Waals surface area contributed by atoms with Crippen LogP contribution in [0.4, 0.5) is 23.7 Å². The third-order valence-corrected chi connectivity index (χ3v) is 4.22. The van der Waals surface area contributed by atoms with Crippen LogP contribution in [0.3, 0.4) is 0 Å². The molecule has 2 rings (SSSR count). The summed E-state index contributed by atoms with van der Waals surface area (Å²) in [6.45, 7) is 6.09. The van der Waals surface area contributed by atoms with Gasteiger partial charge in [0, 0.05) is 18.3 Å². The summed E-state index contributed by atoms with van der Waals surface area (Å²) in [6.07, 6.45) is -4.02. The quantitative estimate of drug-likeness (QED) is 0.747. The van der Waals surface area contributed by atoms with Gasteiger partial charge < -0.3 is 10.2 Å². The molecular formula is C20H23F3N2O. The summed E-state index contributed by atoms with van der Waals surface area (Å²) in [5.41, 5.74) is 1.65. The van der Waals surface area contributed by atoms with Gasteiger partial charge in [0.2, 0.25) is 0 Å². The first-order chi connectivity index (χ1) is 12.2. The average molecular weight is 364 g/mol. The Kier molecular flexibility index (Phi) is 6.29. The predicted octanol–water partition coefficient (Wildman–Crippen LogP) is 5.50. The molecule has 140 valence electrons. The fraction of sp³-hybridized carbons (Fsp3) is 0.350. The lowest BCUT2D eigenvalue weighted by Gasteiger charge is -2.28. The number of anilines is 1. The molecule has 6 heteroatoms. The largest absolute Gasteiger partial charge is 0.416 e. The van der Waals surface area contributed by atoms with Gasteiger partial charge in [-0.25, -0.2) is 4.79 Å². The van der Waals surface area contributed by atoms with E-state index in [4.69, 9.17) is 0 Å². The first-order valence-corrected chi connectivity index (χ1v) is 8.51. The number of nitrogens with one attached hydrogen (secondary N) is 1. The normalized spacial score (nSPS) is 12.5. The molecule has 1 N–H and O–H groups in total. The summed E-state index contributed by atoms with van der Waals surface area (Å²) in [4.78, 5) is 14.1. The Bertz CT molecular complexity index is 741. The van der Waals surface area contributed by atoms with Gasteiger partial charge in [0.15, 0.2) is 0 Å². The number of carbonyl (C=O) groups excluding carboxylic acids is 1. The summed E-state index contributed by atoms with van der Waals surface area (Å²) in [6, 6.07) is 12.2. The predicted molar refractivity (Wildman–Crippen MR) is 97.2 cm³/mol. The van der Waals surface area contributed by atoms with Gasteiger partial charge in [-0.05, 0) is 51.0 Å². The van der Waals surface area contributed by atoms with Gasteiger partial charge in [0.05, 0.1) is 5.56 Å². The highest BCUT2D eigenvalue weighted by Gasteiger charge is 2.30. The highest BCUT2D eigenvalue weighted by Crippen LogP contribution is 2.30. The number of amides is 2. The van der Waals surface area contributed by atoms with E-state index in [9.17, 15) is 18.0 Å². The van der Waals surface area contributed by atoms with Crippen molar-refractivity contribution in [2.24, 2.45) is 0 Å². The number of nitrogens with zero attached hydrogens (tertiary/aromatic N) is 1. The van der Waals surface area contributed by atoms with Crippen molar-refractivity contribution in [3.63, 3.8) is 0 Å². The van der Waals surface area contributed by atoms with Crippen molar-refractivity contribution >= 4 is 11.7 Å². The van der Waals surface area contributed by atoms with Gasteiger partial charge in [-0.1, -0.05) is 35.9 Å². The van der Waals surface area contributed by atoms with Crippen molar-refractivity contribution in [2.75, 3.05) is 11.9 Å². The van der Waals surface area contributed by atoms with Crippen LogP contribution in [0.5, 0.6) is 0 Å². The Morgan fingerprint density at radius 1 is 1.15 bits per heavy atom. The molecule has 0 saturated carbocycles. The van der Waals surface area contributed by atoms with Crippen LogP contribution in [0, 0.1) is 6.92 Å². The second kappa shape index (κ2) is 8.25. The van der Waals surface area contributed by atoms with Gasteiger partial charge in [0.25, 0.3) is 0 Å². The van der Waals surface area contributed by atoms with Crippen molar-refractivity contribution in [1.29, 1.82) is 0 Å². The van der Waals surface area contributed by atoms with Gasteiger partial charge in [-0.15, -0.1) is 0 Å². The maximum absolute atomic E-state index is 12.9. The van der Waals surface area contributed by atoms with Gasteiger partial charge in [-0.3, -0.25) is 0 Å². The minimum Gasteiger partial charge on any atom is -0.322 e. The standard InChI is InChI=1S/C20H23F3N2O/c1-4-25(19(26)24-18-10-8-14(2)9-11-18)15(3)12-16-6-5-7-17(13-16)20(21,22)23/h5-11,13,15H,4,12H2,1-3H3,(H,24,26). The molecular weight excluding hydrogens is 341 g/mol. The first-order valence-electron chi connectivity index (χ1n) is 8.51. The van der Waals surface area contributed by atoms with E-state index in [1.165, 1.54) is 6.07 Å². The molecule has 1 unspecified atom stereocenters. The Balaban J connectivity index is 2.07. The summed E-state index contributed by atoms with van der Waals surface area (Å²) < 4.78 is 38.6. The number of hydrogen-bond acceptors (Lipinski definition) is 1. The second-order valence-electron chi connectivity index (χ2n) is 6.33. The van der Waals surface area contributed by atoms with Crippen LogP contribution in [0.15, 0.2) is 48.5 Å². The summed E-state index contributed by atoms with van der Waals surface area (Å²) in [7, 11) is 0. The highest BCUT2D eigenvalue weighted by molar-refractivity contribution is 5.89. The zero-order valence-corrected chi connectivity index (χ0v) is 15.1. The van der Waals surface area contributed by atoms with Crippen molar-refractivity contribution < 1.29 is 18.0 Å². The minimum atomic E-state index is -4.37. The van der Waals surface area contributed by atoms with Crippen LogP contribution in [-0.2, 0) is 12.6 Å². The molecule has 26 heavy (non-hydrogen) atoms. The molecule has 0 aliphatic carbocycles. The molecule has 0 aliphatic rings. The fourth-order valence-electron chi connectivity index (χ4n) is 2.81. The third-order valence-electron chi connectivity index (χ3n) is 4.22. The molecule has 2 aromatic carbocycles. The monoisotopic (exact) mass is 364 g/mol. The number of alkyl halides is 3. The Morgan fingerprint density at radius 3 is 2.38 bits per heavy atom. The van der Waals surface area contributed by atoms with Crippen molar-refractivity contribution in [3.05, 3.63) is 65.2 Å². The van der Waals surface area contributed by atoms with E-state index in [1.54, 1.807) is 11.0 Å². The highest BCUT2D eigenvalue weighted by atomic mass is 19.4. The molecule has 0 saturated heterocycles. The van der Waals surface area contributed by atoms with E-state index in [-0.39, 0.29) is 12.1 Å². The van der Waals surface area contributed by atoms with Crippen molar-refractivity contribution in [3.8, 4) is 0 Å². The molecule has 0 fully saturated rings. The van der Waals surface area contributed by atoms with Gasteiger partial charge in [0.1, 0.15) is 0 Å². The smallest absolute Gasteiger partial charge is 0.322 e. The number of rotatable bonds is 5. The first kappa shape index (κ1) is 19.8. The number of halogens is 3. The molecule has 2 aromatic rings. The Labute approximate surface area is 151 Å². The van der Waals surface area contributed by atoms with Crippen LogP contribution in [0.1, 0.15) is 30.5 Å². The van der Waals surface area contributed by atoms with Crippen LogP contribution in [0.25, 0.3) is 0 Å². The lowest BCUT2D eigenvalue weighted by atomic mass is 10.0. The van der Waals surface area contributed by atoms with E-state index in [0.717, 1.165) is 17.7 Å². The number of carbonyl (C=O) groups is 1. The number of hydrogen-bond donors (Lipinski definition) is 1. The lowest BCUT2D eigenvalue weighted by Crippen LogP contribution is -2.42. The van der Waals surface area contributed by atoms with Gasteiger partial charge >= 0.3 is 12.2 Å². The maximum Gasteiger partial charge on any atom is 0.416 e. The molecule has 0 aliphatic heterocycles. The molecule has 1 atom stereocenters. The van der Waals surface area contributed by atoms with Crippen molar-refractivity contribution in [1.82, 2.24) is 4.90 Å². The second-order valence-corrected chi connectivity index (χ2v) is 6.33. The summed E-state index contributed by atoms with van der Waals surface area (Å²) in [5.74, 6) is 0. The molecule has 0 radical (unpaired) electrons. The number of aryl methyl sites for hydroxylation is 1. The molecule has 2 amide bonds. The zero-order valence-electron chi connectivity index (χ0n) is 15.1. The number of benzene rings is 2. The SMILES string of the molecule is CCN(C(=O)Nc1ccc(C)cc1)C(C)Cc1cccc(C(F)(F)F)c1. The Hall–Kier alpha value is -2.50. The van der Waals surface area contributed by atoms with E-state index in [0.29, 0.717) is 24.2 Å². The molecule has 3 nitrogen and oxygen atoms in total. The van der Waals surface area contributed by atoms with Crippen LogP contribution in [0.2, 0.25) is 0 Å². The summed E-state index contributed by atoms with van der Waals surface area (Å²) >= 11 is 0. The Morgan fingerprint density at radius 2 is 1.81 bits per heavy atom. The minimum absolute atomic E-state index is 0.242. The molecule has 0 heterocycles. The van der Waals surface area contributed by atoms with E-state index >= 15 is 0 Å². The van der Waals surface area contributed by atoms with Crippen molar-refractivity contribution in [2.45, 2.75) is 39.4 Å². The van der Waals surface area contributed by atoms with Crippen LogP contribution < -0.4 is 5.32 Å². The number of urea groups is 1. The van der Waals surface area contributed by atoms with Crippen LogP contribution in [-0.4, -0.2) is 23.5 Å². The lowest BCUT2D eigenvalue weighted by molar-refractivity contribution is -0.137. The number of likely N-dealkylation sites (N-methyl/N-ethyl adjacent to an activating group) is 1. The van der Waals surface area contributed by atoms with Gasteiger partial charge in [-0.2, -0.15) is 13.2 Å². The van der Waals surface area contributed by atoms with E-state index < -0.39 is 11.7 Å². The molecule has 0 aromatic heterocycles. The maximum atomic E-state index is 12.9. The molecule has 0 bridgehead atoms. The summed E-state index contributed by atoms with van der Waals surface area (Å²) in [5, 5.41) is 2.83. The third kappa shape index (κ3) is 5.25. The van der Waals surface area contributed by atoms with E-state index in [2.05, 4.69) is 5.32 Å². The topological polar surface area (TPSA) is 32.3 Å². The zero-order chi connectivity index (χ0) is 19.3.